The van der Waals surface area contributed by atoms with Gasteiger partial charge in [-0.15, -0.1) is 11.8 Å². The average molecular weight is 238 g/mol. The van der Waals surface area contributed by atoms with Gasteiger partial charge in [0.15, 0.2) is 0 Å². The number of aromatic nitrogens is 1. The van der Waals surface area contributed by atoms with Gasteiger partial charge < -0.3 is 10.8 Å². The number of nitrogens with zero attached hydrogens (tertiary/aromatic N) is 1. The van der Waals surface area contributed by atoms with Gasteiger partial charge in [-0.3, -0.25) is 0 Å². The fourth-order valence-electron chi connectivity index (χ4n) is 0.881. The van der Waals surface area contributed by atoms with Crippen molar-refractivity contribution in [3.63, 3.8) is 0 Å². The molecule has 1 rings (SSSR count). The van der Waals surface area contributed by atoms with Gasteiger partial charge in [-0.25, -0.2) is 4.98 Å². The molecule has 0 aliphatic carbocycles. The lowest BCUT2D eigenvalue weighted by Crippen LogP contribution is -2.07. The van der Waals surface area contributed by atoms with E-state index in [0.29, 0.717) is 6.20 Å². The molecule has 1 aromatic rings. The lowest BCUT2D eigenvalue weighted by atomic mass is 10.3. The third-order valence-corrected chi connectivity index (χ3v) is 2.58. The molecule has 3 nitrogen and oxygen atoms in total. The van der Waals surface area contributed by atoms with Crippen molar-refractivity contribution in [2.45, 2.75) is 11.1 Å². The molecule has 0 aliphatic heterocycles. The summed E-state index contributed by atoms with van der Waals surface area (Å²) in [6, 6.07) is 0.933. The quantitative estimate of drug-likeness (QED) is 0.788. The number of alkyl halides is 3. The monoisotopic (exact) mass is 238 g/mol. The Kier molecular flexibility index (Phi) is 3.81. The van der Waals surface area contributed by atoms with Crippen LogP contribution in [0.25, 0.3) is 0 Å². The number of aliphatic hydroxyl groups is 1. The number of hydrogen-bond donors (Lipinski definition) is 2. The minimum atomic E-state index is -4.42. The van der Waals surface area contributed by atoms with Crippen LogP contribution in [0.1, 0.15) is 5.56 Å². The van der Waals surface area contributed by atoms with E-state index in [1.807, 2.05) is 0 Å². The number of hydrogen-bond acceptors (Lipinski definition) is 4. The number of nitrogen functional groups attached to an aromatic ring is 1. The second kappa shape index (κ2) is 4.71. The first-order chi connectivity index (χ1) is 6.95. The fraction of sp³-hybridized carbons (Fsp3) is 0.375. The van der Waals surface area contributed by atoms with Gasteiger partial charge in [-0.1, -0.05) is 0 Å². The lowest BCUT2D eigenvalue weighted by Gasteiger charge is -2.09. The van der Waals surface area contributed by atoms with Crippen molar-refractivity contribution in [1.82, 2.24) is 4.98 Å². The summed E-state index contributed by atoms with van der Waals surface area (Å²) in [5, 5.41) is 8.54. The second-order valence-corrected chi connectivity index (χ2v) is 3.81. The summed E-state index contributed by atoms with van der Waals surface area (Å²) in [7, 11) is 0. The molecule has 0 saturated carbocycles. The van der Waals surface area contributed by atoms with Crippen molar-refractivity contribution in [3.05, 3.63) is 17.8 Å². The number of nitrogens with two attached hydrogens (primary N) is 1. The first-order valence-corrected chi connectivity index (χ1v) is 5.00. The molecule has 1 aromatic heterocycles. The normalized spacial score (nSPS) is 11.7. The molecule has 0 aliphatic rings. The molecular weight excluding hydrogens is 229 g/mol. The highest BCUT2D eigenvalue weighted by Gasteiger charge is 2.31. The molecule has 84 valence electrons. The maximum absolute atomic E-state index is 12.3. The maximum Gasteiger partial charge on any atom is 0.417 e. The van der Waals surface area contributed by atoms with E-state index in [0.717, 1.165) is 17.8 Å². The standard InChI is InChI=1S/C8H9F3N2OS/c9-8(10,11)5-3-6(15-2-1-14)7(12)13-4-5/h3-4,14H,1-2H2,(H2,12,13). The van der Waals surface area contributed by atoms with E-state index in [4.69, 9.17) is 10.8 Å². The molecule has 0 unspecified atom stereocenters. The number of halogens is 3. The second-order valence-electron chi connectivity index (χ2n) is 2.68. The lowest BCUT2D eigenvalue weighted by molar-refractivity contribution is -0.137. The number of aliphatic hydroxyl groups excluding tert-OH is 1. The van der Waals surface area contributed by atoms with Gasteiger partial charge in [0.2, 0.25) is 0 Å². The summed E-state index contributed by atoms with van der Waals surface area (Å²) in [6.07, 6.45) is -3.73. The van der Waals surface area contributed by atoms with E-state index >= 15 is 0 Å². The van der Waals surface area contributed by atoms with Crippen molar-refractivity contribution in [3.8, 4) is 0 Å². The maximum atomic E-state index is 12.3. The van der Waals surface area contributed by atoms with Crippen molar-refractivity contribution in [2.75, 3.05) is 18.1 Å². The van der Waals surface area contributed by atoms with Crippen LogP contribution in [0.15, 0.2) is 17.2 Å². The summed E-state index contributed by atoms with van der Waals surface area (Å²) >= 11 is 1.04. The van der Waals surface area contributed by atoms with Crippen LogP contribution in [-0.2, 0) is 6.18 Å². The van der Waals surface area contributed by atoms with Crippen molar-refractivity contribution >= 4 is 17.6 Å². The Morgan fingerprint density at radius 1 is 1.47 bits per heavy atom. The molecule has 0 fully saturated rings. The van der Waals surface area contributed by atoms with Gasteiger partial charge in [0.05, 0.1) is 17.1 Å². The Morgan fingerprint density at radius 2 is 2.13 bits per heavy atom. The molecular formula is C8H9F3N2OS. The largest absolute Gasteiger partial charge is 0.417 e. The first kappa shape index (κ1) is 12.1. The summed E-state index contributed by atoms with van der Waals surface area (Å²) in [5.74, 6) is 0.328. The zero-order chi connectivity index (χ0) is 11.5. The first-order valence-electron chi connectivity index (χ1n) is 4.01. The number of anilines is 1. The zero-order valence-electron chi connectivity index (χ0n) is 7.58. The molecule has 0 bridgehead atoms. The zero-order valence-corrected chi connectivity index (χ0v) is 8.40. The Morgan fingerprint density at radius 3 is 2.67 bits per heavy atom. The van der Waals surface area contributed by atoms with Gasteiger partial charge in [0.1, 0.15) is 5.82 Å². The van der Waals surface area contributed by atoms with Crippen LogP contribution in [0, 0.1) is 0 Å². The molecule has 0 aromatic carbocycles. The molecule has 7 heteroatoms. The van der Waals surface area contributed by atoms with Crippen LogP contribution in [0.2, 0.25) is 0 Å². The number of pyridine rings is 1. The third kappa shape index (κ3) is 3.28. The van der Waals surface area contributed by atoms with Crippen molar-refractivity contribution < 1.29 is 18.3 Å². The predicted octanol–water partition coefficient (Wildman–Crippen LogP) is 1.77. The van der Waals surface area contributed by atoms with E-state index in [9.17, 15) is 13.2 Å². The highest BCUT2D eigenvalue weighted by molar-refractivity contribution is 7.99. The summed E-state index contributed by atoms with van der Waals surface area (Å²) < 4.78 is 36.8. The third-order valence-electron chi connectivity index (χ3n) is 1.56. The molecule has 0 radical (unpaired) electrons. The van der Waals surface area contributed by atoms with Gasteiger partial charge >= 0.3 is 6.18 Å². The predicted molar refractivity (Wildman–Crippen MR) is 51.5 cm³/mol. The Hall–Kier alpha value is -0.950. The van der Waals surface area contributed by atoms with E-state index in [-0.39, 0.29) is 23.1 Å². The van der Waals surface area contributed by atoms with Crippen LogP contribution >= 0.6 is 11.8 Å². The van der Waals surface area contributed by atoms with Crippen LogP contribution in [0.3, 0.4) is 0 Å². The smallest absolute Gasteiger partial charge is 0.396 e. The average Bonchev–Trinajstić information content (AvgIpc) is 2.15. The van der Waals surface area contributed by atoms with Gasteiger partial charge in [0.25, 0.3) is 0 Å². The van der Waals surface area contributed by atoms with Crippen LogP contribution in [0.5, 0.6) is 0 Å². The molecule has 0 saturated heterocycles. The molecule has 15 heavy (non-hydrogen) atoms. The number of thioether (sulfide) groups is 1. The molecule has 1 heterocycles. The minimum absolute atomic E-state index is 0.0430. The minimum Gasteiger partial charge on any atom is -0.396 e. The highest BCUT2D eigenvalue weighted by atomic mass is 32.2. The topological polar surface area (TPSA) is 59.1 Å². The highest BCUT2D eigenvalue weighted by Crippen LogP contribution is 2.33. The van der Waals surface area contributed by atoms with Gasteiger partial charge in [0, 0.05) is 11.9 Å². The Bertz CT molecular complexity index is 343. The Balaban J connectivity index is 2.95. The summed E-state index contributed by atoms with van der Waals surface area (Å²) in [6.45, 7) is -0.125. The van der Waals surface area contributed by atoms with Crippen LogP contribution in [-0.4, -0.2) is 22.5 Å². The molecule has 0 atom stereocenters. The van der Waals surface area contributed by atoms with E-state index in [1.165, 1.54) is 0 Å². The van der Waals surface area contributed by atoms with Gasteiger partial charge in [-0.2, -0.15) is 13.2 Å². The van der Waals surface area contributed by atoms with E-state index in [1.54, 1.807) is 0 Å². The summed E-state index contributed by atoms with van der Waals surface area (Å²) in [5.41, 5.74) is 4.56. The van der Waals surface area contributed by atoms with E-state index in [2.05, 4.69) is 4.98 Å². The van der Waals surface area contributed by atoms with E-state index < -0.39 is 11.7 Å². The van der Waals surface area contributed by atoms with Crippen LogP contribution < -0.4 is 5.73 Å². The van der Waals surface area contributed by atoms with Crippen LogP contribution in [0.4, 0.5) is 19.0 Å². The number of rotatable bonds is 3. The fourth-order valence-corrected chi connectivity index (χ4v) is 1.60. The van der Waals surface area contributed by atoms with Crippen molar-refractivity contribution in [2.24, 2.45) is 0 Å². The van der Waals surface area contributed by atoms with Gasteiger partial charge in [-0.05, 0) is 6.07 Å². The molecule has 0 spiro atoms. The molecule has 3 N–H and O–H groups in total. The summed E-state index contributed by atoms with van der Waals surface area (Å²) in [4.78, 5) is 3.69. The van der Waals surface area contributed by atoms with Crippen molar-refractivity contribution in [1.29, 1.82) is 0 Å². The molecule has 0 amide bonds. The Labute approximate surface area is 88.5 Å². The SMILES string of the molecule is Nc1ncc(C(F)(F)F)cc1SCCO.